The van der Waals surface area contributed by atoms with Gasteiger partial charge in [0.25, 0.3) is 0 Å². The molecule has 4 nitrogen and oxygen atoms in total. The van der Waals surface area contributed by atoms with Crippen molar-refractivity contribution in [2.45, 2.75) is 32.0 Å². The summed E-state index contributed by atoms with van der Waals surface area (Å²) in [6.45, 7) is 1.32. The molecule has 0 fully saturated rings. The van der Waals surface area contributed by atoms with E-state index < -0.39 is 0 Å². The van der Waals surface area contributed by atoms with Gasteiger partial charge in [0.15, 0.2) is 5.78 Å². The van der Waals surface area contributed by atoms with Crippen LogP contribution in [-0.4, -0.2) is 21.7 Å². The molecule has 1 heterocycles. The molecule has 0 saturated heterocycles. The number of pyridine rings is 1. The number of carbonyl (C=O) groups excluding carboxylic acids is 1. The predicted molar refractivity (Wildman–Crippen MR) is 141 cm³/mol. The van der Waals surface area contributed by atoms with E-state index in [1.165, 1.54) is 11.1 Å². The van der Waals surface area contributed by atoms with Gasteiger partial charge in [0.1, 0.15) is 0 Å². The maximum atomic E-state index is 13.8. The van der Waals surface area contributed by atoms with E-state index >= 15 is 0 Å². The largest absolute Gasteiger partial charge is 0.402 e. The molecule has 0 aliphatic rings. The van der Waals surface area contributed by atoms with Crippen molar-refractivity contribution in [3.05, 3.63) is 150 Å². The highest BCUT2D eigenvalue weighted by atomic mass is 16.1. The second-order valence-corrected chi connectivity index (χ2v) is 8.70. The van der Waals surface area contributed by atoms with Crippen molar-refractivity contribution < 1.29 is 4.79 Å². The third kappa shape index (κ3) is 7.49. The summed E-state index contributed by atoms with van der Waals surface area (Å²) in [5.41, 5.74) is 11.1. The molecule has 2 N–H and O–H groups in total. The summed E-state index contributed by atoms with van der Waals surface area (Å²) in [5, 5.41) is 0. The minimum Gasteiger partial charge on any atom is -0.402 e. The lowest BCUT2D eigenvalue weighted by atomic mass is 9.98. The molecule has 1 aromatic heterocycles. The summed E-state index contributed by atoms with van der Waals surface area (Å²) < 4.78 is 0. The number of hydrogen-bond acceptors (Lipinski definition) is 4. The van der Waals surface area contributed by atoms with Crippen molar-refractivity contribution in [3.63, 3.8) is 0 Å². The molecular formula is C31H31N3O. The van der Waals surface area contributed by atoms with Crippen LogP contribution >= 0.6 is 0 Å². The third-order valence-corrected chi connectivity index (χ3v) is 5.94. The van der Waals surface area contributed by atoms with E-state index in [9.17, 15) is 4.79 Å². The van der Waals surface area contributed by atoms with Gasteiger partial charge in [-0.2, -0.15) is 0 Å². The summed E-state index contributed by atoms with van der Waals surface area (Å²) in [6, 6.07) is 36.1. The standard InChI is InChI=1S/C31H31N3O/c32-28(21-29-18-10-11-19-33-29)22-31(35)30(20-25-12-4-1-5-13-25)34(23-26-14-6-2-7-15-26)24-27-16-8-3-9-17-27/h1-19,22,30H,20-21,23-24,32H2/b28-22-/t30-/m0/s1. The van der Waals surface area contributed by atoms with Crippen LogP contribution in [0.4, 0.5) is 0 Å². The van der Waals surface area contributed by atoms with Crippen LogP contribution in [-0.2, 0) is 30.7 Å². The number of rotatable bonds is 11. The smallest absolute Gasteiger partial charge is 0.174 e. The fraction of sp³-hybridized carbons (Fsp3) is 0.161. The maximum absolute atomic E-state index is 13.8. The first-order valence-corrected chi connectivity index (χ1v) is 11.9. The molecule has 176 valence electrons. The van der Waals surface area contributed by atoms with Gasteiger partial charge < -0.3 is 5.73 Å². The van der Waals surface area contributed by atoms with Crippen LogP contribution in [0.1, 0.15) is 22.4 Å². The summed E-state index contributed by atoms with van der Waals surface area (Å²) in [4.78, 5) is 20.3. The number of aromatic nitrogens is 1. The first-order valence-electron chi connectivity index (χ1n) is 11.9. The predicted octanol–water partition coefficient (Wildman–Crippen LogP) is 5.35. The third-order valence-electron chi connectivity index (χ3n) is 5.94. The highest BCUT2D eigenvalue weighted by molar-refractivity contribution is 5.95. The van der Waals surface area contributed by atoms with Gasteiger partial charge in [-0.15, -0.1) is 0 Å². The number of benzene rings is 3. The van der Waals surface area contributed by atoms with Crippen LogP contribution < -0.4 is 5.73 Å². The number of hydrogen-bond donors (Lipinski definition) is 1. The quantitative estimate of drug-likeness (QED) is 0.306. The summed E-state index contributed by atoms with van der Waals surface area (Å²) in [6.07, 6.45) is 4.39. The van der Waals surface area contributed by atoms with Gasteiger partial charge >= 0.3 is 0 Å². The Bertz CT molecular complexity index is 1170. The highest BCUT2D eigenvalue weighted by Crippen LogP contribution is 2.19. The molecule has 0 unspecified atom stereocenters. The molecule has 4 heteroatoms. The van der Waals surface area contributed by atoms with Gasteiger partial charge in [-0.3, -0.25) is 14.7 Å². The summed E-state index contributed by atoms with van der Waals surface area (Å²) in [7, 11) is 0. The monoisotopic (exact) mass is 461 g/mol. The normalized spacial score (nSPS) is 12.4. The number of nitrogens with zero attached hydrogens (tertiary/aromatic N) is 2. The van der Waals surface area contributed by atoms with E-state index in [0.717, 1.165) is 11.3 Å². The molecule has 0 saturated carbocycles. The first kappa shape index (κ1) is 24.1. The van der Waals surface area contributed by atoms with Crippen molar-refractivity contribution >= 4 is 5.78 Å². The number of nitrogens with two attached hydrogens (primary N) is 1. The Balaban J connectivity index is 1.65. The van der Waals surface area contributed by atoms with E-state index in [0.29, 0.717) is 31.6 Å². The van der Waals surface area contributed by atoms with Gasteiger partial charge in [0.05, 0.1) is 6.04 Å². The van der Waals surface area contributed by atoms with Gasteiger partial charge in [-0.25, -0.2) is 0 Å². The molecule has 0 spiro atoms. The number of allylic oxidation sites excluding steroid dienone is 1. The summed E-state index contributed by atoms with van der Waals surface area (Å²) >= 11 is 0. The molecule has 4 aromatic rings. The topological polar surface area (TPSA) is 59.2 Å². The Hall–Kier alpha value is -4.02. The molecule has 4 rings (SSSR count). The van der Waals surface area contributed by atoms with Gasteiger partial charge in [-0.05, 0) is 35.2 Å². The fourth-order valence-electron chi connectivity index (χ4n) is 4.20. The van der Waals surface area contributed by atoms with Crippen molar-refractivity contribution in [3.8, 4) is 0 Å². The molecule has 35 heavy (non-hydrogen) atoms. The minimum atomic E-state index is -0.361. The number of ketones is 1. The van der Waals surface area contributed by atoms with Crippen LogP contribution in [0.3, 0.4) is 0 Å². The SMILES string of the molecule is N/C(=C\C(=O)[C@H](Cc1ccccc1)N(Cc1ccccc1)Cc1ccccc1)Cc1ccccn1. The Labute approximate surface area is 207 Å². The molecule has 0 amide bonds. The average Bonchev–Trinajstić information content (AvgIpc) is 2.89. The van der Waals surface area contributed by atoms with Crippen molar-refractivity contribution in [1.82, 2.24) is 9.88 Å². The Morgan fingerprint density at radius 2 is 1.26 bits per heavy atom. The lowest BCUT2D eigenvalue weighted by Crippen LogP contribution is -2.41. The Morgan fingerprint density at radius 1 is 0.743 bits per heavy atom. The average molecular weight is 462 g/mol. The minimum absolute atomic E-state index is 0.00847. The van der Waals surface area contributed by atoms with E-state index in [1.807, 2.05) is 72.8 Å². The second-order valence-electron chi connectivity index (χ2n) is 8.70. The number of carbonyl (C=O) groups is 1. The molecule has 3 aromatic carbocycles. The molecule has 0 radical (unpaired) electrons. The van der Waals surface area contributed by atoms with Gasteiger partial charge in [0.2, 0.25) is 0 Å². The zero-order valence-corrected chi connectivity index (χ0v) is 19.8. The molecule has 0 bridgehead atoms. The second kappa shape index (κ2) is 12.4. The molecule has 1 atom stereocenters. The fourth-order valence-corrected chi connectivity index (χ4v) is 4.20. The van der Waals surface area contributed by atoms with Crippen LogP contribution in [0.5, 0.6) is 0 Å². The van der Waals surface area contributed by atoms with Gasteiger partial charge in [-0.1, -0.05) is 97.1 Å². The van der Waals surface area contributed by atoms with Crippen LogP contribution in [0, 0.1) is 0 Å². The van der Waals surface area contributed by atoms with Gasteiger partial charge in [0, 0.05) is 43.2 Å². The van der Waals surface area contributed by atoms with E-state index in [1.54, 1.807) is 12.3 Å². The lowest BCUT2D eigenvalue weighted by molar-refractivity contribution is -0.120. The molecular weight excluding hydrogens is 430 g/mol. The van der Waals surface area contributed by atoms with Crippen molar-refractivity contribution in [2.75, 3.05) is 0 Å². The van der Waals surface area contributed by atoms with Crippen molar-refractivity contribution in [2.24, 2.45) is 5.73 Å². The Kier molecular flexibility index (Phi) is 8.57. The van der Waals surface area contributed by atoms with Crippen molar-refractivity contribution in [1.29, 1.82) is 0 Å². The molecule has 0 aliphatic carbocycles. The van der Waals surface area contributed by atoms with Crippen LogP contribution in [0.15, 0.2) is 127 Å². The van der Waals surface area contributed by atoms with E-state index in [-0.39, 0.29) is 11.8 Å². The lowest BCUT2D eigenvalue weighted by Gasteiger charge is -2.31. The molecule has 0 aliphatic heterocycles. The zero-order valence-electron chi connectivity index (χ0n) is 19.8. The Morgan fingerprint density at radius 3 is 1.77 bits per heavy atom. The van der Waals surface area contributed by atoms with Crippen LogP contribution in [0.2, 0.25) is 0 Å². The van der Waals surface area contributed by atoms with Crippen LogP contribution in [0.25, 0.3) is 0 Å². The summed E-state index contributed by atoms with van der Waals surface area (Å²) in [5.74, 6) is 0.00847. The van der Waals surface area contributed by atoms with E-state index in [2.05, 4.69) is 46.3 Å². The highest BCUT2D eigenvalue weighted by Gasteiger charge is 2.26. The van der Waals surface area contributed by atoms with E-state index in [4.69, 9.17) is 5.73 Å². The zero-order chi connectivity index (χ0) is 24.3. The first-order chi connectivity index (χ1) is 17.2. The maximum Gasteiger partial charge on any atom is 0.174 e.